The molecule has 19 heavy (non-hydrogen) atoms. The summed E-state index contributed by atoms with van der Waals surface area (Å²) in [5.74, 6) is 2.28. The fourth-order valence-electron chi connectivity index (χ4n) is 3.75. The molecule has 1 saturated heterocycles. The Hall–Kier alpha value is 0.270. The predicted octanol–water partition coefficient (Wildman–Crippen LogP) is 3.37. The molecule has 4 unspecified atom stereocenters. The van der Waals surface area contributed by atoms with E-state index < -0.39 is 0 Å². The van der Waals surface area contributed by atoms with Crippen molar-refractivity contribution < 1.29 is 0 Å². The van der Waals surface area contributed by atoms with Crippen LogP contribution in [0.1, 0.15) is 51.9 Å². The van der Waals surface area contributed by atoms with Gasteiger partial charge in [-0.05, 0) is 64.0 Å². The summed E-state index contributed by atoms with van der Waals surface area (Å²) >= 11 is 1.97. The normalized spacial score (nSPS) is 33.2. The molecular weight excluding hydrogens is 252 g/mol. The number of thioether (sulfide) groups is 1. The van der Waals surface area contributed by atoms with E-state index in [0.29, 0.717) is 0 Å². The number of fused-ring (bicyclic) bond motifs is 1. The Balaban J connectivity index is 1.73. The largest absolute Gasteiger partial charge is 0.310 e. The average Bonchev–Trinajstić information content (AvgIpc) is 2.44. The Labute approximate surface area is 124 Å². The summed E-state index contributed by atoms with van der Waals surface area (Å²) < 4.78 is 0. The van der Waals surface area contributed by atoms with Gasteiger partial charge >= 0.3 is 0 Å². The number of likely N-dealkylation sites (N-methyl/N-ethyl adjacent to an activating group) is 1. The molecule has 0 aromatic heterocycles. The van der Waals surface area contributed by atoms with Gasteiger partial charge in [-0.2, -0.15) is 11.8 Å². The summed E-state index contributed by atoms with van der Waals surface area (Å²) in [5, 5.41) is 3.95. The number of hydrogen-bond donors (Lipinski definition) is 1. The monoisotopic (exact) mass is 284 g/mol. The first-order valence-electron chi connectivity index (χ1n) is 8.16. The molecule has 0 aromatic rings. The van der Waals surface area contributed by atoms with Gasteiger partial charge in [0.1, 0.15) is 0 Å². The smallest absolute Gasteiger partial charge is 0.0197 e. The van der Waals surface area contributed by atoms with Crippen molar-refractivity contribution in [2.24, 2.45) is 5.92 Å². The second-order valence-corrected chi connectivity index (χ2v) is 7.65. The molecular formula is C16H32N2S. The van der Waals surface area contributed by atoms with Crippen molar-refractivity contribution in [2.45, 2.75) is 70.0 Å². The van der Waals surface area contributed by atoms with Crippen molar-refractivity contribution in [1.29, 1.82) is 0 Å². The summed E-state index contributed by atoms with van der Waals surface area (Å²) in [6.45, 7) is 3.61. The highest BCUT2D eigenvalue weighted by molar-refractivity contribution is 7.98. The van der Waals surface area contributed by atoms with Crippen LogP contribution in [-0.2, 0) is 0 Å². The van der Waals surface area contributed by atoms with Gasteiger partial charge in [-0.3, -0.25) is 0 Å². The lowest BCUT2D eigenvalue weighted by Crippen LogP contribution is -2.53. The van der Waals surface area contributed by atoms with Gasteiger partial charge < -0.3 is 10.2 Å². The molecule has 2 aliphatic rings. The molecule has 1 aliphatic heterocycles. The number of nitrogens with one attached hydrogen (secondary N) is 1. The first-order chi connectivity index (χ1) is 9.20. The van der Waals surface area contributed by atoms with E-state index in [9.17, 15) is 0 Å². The maximum absolute atomic E-state index is 3.95. The summed E-state index contributed by atoms with van der Waals surface area (Å²) in [7, 11) is 2.31. The third-order valence-electron chi connectivity index (χ3n) is 5.25. The molecule has 1 aliphatic carbocycles. The number of piperidine rings is 1. The molecule has 4 atom stereocenters. The molecule has 1 saturated carbocycles. The van der Waals surface area contributed by atoms with Crippen molar-refractivity contribution in [3.63, 3.8) is 0 Å². The van der Waals surface area contributed by atoms with Crippen molar-refractivity contribution in [1.82, 2.24) is 10.2 Å². The van der Waals surface area contributed by atoms with E-state index in [0.717, 1.165) is 24.0 Å². The third kappa shape index (κ3) is 4.64. The number of nitrogens with zero attached hydrogens (tertiary/aromatic N) is 1. The van der Waals surface area contributed by atoms with Gasteiger partial charge in [0.25, 0.3) is 0 Å². The minimum Gasteiger partial charge on any atom is -0.310 e. The van der Waals surface area contributed by atoms with Crippen molar-refractivity contribution >= 4 is 11.8 Å². The fraction of sp³-hybridized carbons (Fsp3) is 1.00. The second-order valence-electron chi connectivity index (χ2n) is 6.66. The summed E-state index contributed by atoms with van der Waals surface area (Å²) in [4.78, 5) is 2.57. The van der Waals surface area contributed by atoms with Crippen molar-refractivity contribution in [3.05, 3.63) is 0 Å². The highest BCUT2D eigenvalue weighted by Gasteiger charge is 2.32. The van der Waals surface area contributed by atoms with Crippen LogP contribution in [0.25, 0.3) is 0 Å². The molecule has 0 aromatic carbocycles. The van der Waals surface area contributed by atoms with E-state index in [1.165, 1.54) is 57.2 Å². The first-order valence-corrected chi connectivity index (χ1v) is 9.55. The van der Waals surface area contributed by atoms with E-state index in [-0.39, 0.29) is 0 Å². The minimum atomic E-state index is 0.721. The molecule has 0 amide bonds. The molecule has 1 N–H and O–H groups in total. The van der Waals surface area contributed by atoms with Gasteiger partial charge in [0, 0.05) is 24.7 Å². The highest BCUT2D eigenvalue weighted by Crippen LogP contribution is 2.32. The topological polar surface area (TPSA) is 15.3 Å². The summed E-state index contributed by atoms with van der Waals surface area (Å²) in [5.41, 5.74) is 0. The molecule has 2 rings (SSSR count). The molecule has 2 fully saturated rings. The van der Waals surface area contributed by atoms with Gasteiger partial charge in [-0.15, -0.1) is 0 Å². The van der Waals surface area contributed by atoms with Crippen LogP contribution in [0.5, 0.6) is 0 Å². The van der Waals surface area contributed by atoms with Crippen molar-refractivity contribution in [2.75, 3.05) is 25.6 Å². The lowest BCUT2D eigenvalue weighted by atomic mass is 9.77. The zero-order valence-electron chi connectivity index (χ0n) is 13.0. The molecule has 0 radical (unpaired) electrons. The van der Waals surface area contributed by atoms with Gasteiger partial charge in [-0.1, -0.05) is 12.8 Å². The van der Waals surface area contributed by atoms with Crippen LogP contribution in [0.15, 0.2) is 0 Å². The van der Waals surface area contributed by atoms with Crippen LogP contribution in [0.2, 0.25) is 0 Å². The zero-order chi connectivity index (χ0) is 13.7. The van der Waals surface area contributed by atoms with Gasteiger partial charge in [0.15, 0.2) is 0 Å². The molecule has 0 spiro atoms. The Kier molecular flexibility index (Phi) is 6.51. The van der Waals surface area contributed by atoms with Crippen LogP contribution >= 0.6 is 11.8 Å². The first kappa shape index (κ1) is 15.7. The van der Waals surface area contributed by atoms with Crippen LogP contribution in [0.4, 0.5) is 0 Å². The predicted molar refractivity (Wildman–Crippen MR) is 87.0 cm³/mol. The van der Waals surface area contributed by atoms with Crippen molar-refractivity contribution in [3.8, 4) is 0 Å². The fourth-order valence-corrected chi connectivity index (χ4v) is 4.33. The lowest BCUT2D eigenvalue weighted by Gasteiger charge is -2.42. The number of hydrogen-bond acceptors (Lipinski definition) is 3. The van der Waals surface area contributed by atoms with Crippen LogP contribution in [0.3, 0.4) is 0 Å². The maximum Gasteiger partial charge on any atom is 0.0197 e. The van der Waals surface area contributed by atoms with E-state index in [1.54, 1.807) is 0 Å². The Morgan fingerprint density at radius 3 is 2.79 bits per heavy atom. The lowest BCUT2D eigenvalue weighted by molar-refractivity contribution is 0.139. The van der Waals surface area contributed by atoms with E-state index in [4.69, 9.17) is 0 Å². The minimum absolute atomic E-state index is 0.721. The van der Waals surface area contributed by atoms with Crippen LogP contribution < -0.4 is 5.32 Å². The van der Waals surface area contributed by atoms with Gasteiger partial charge in [-0.25, -0.2) is 0 Å². The zero-order valence-corrected chi connectivity index (χ0v) is 13.8. The SMILES string of the molecule is CSCCC(C)N(C)CC1CCC2CCCCC2N1. The second kappa shape index (κ2) is 7.90. The Morgan fingerprint density at radius 1 is 1.21 bits per heavy atom. The average molecular weight is 285 g/mol. The summed E-state index contributed by atoms with van der Waals surface area (Å²) in [6.07, 6.45) is 12.2. The molecule has 1 heterocycles. The molecule has 112 valence electrons. The standard InChI is InChI=1S/C16H32N2S/c1-13(10-11-19-3)18(2)12-15-9-8-14-6-4-5-7-16(14)17-15/h13-17H,4-12H2,1-3H3. The van der Waals surface area contributed by atoms with E-state index in [2.05, 4.69) is 30.4 Å². The Morgan fingerprint density at radius 2 is 2.00 bits per heavy atom. The van der Waals surface area contributed by atoms with E-state index >= 15 is 0 Å². The van der Waals surface area contributed by atoms with Crippen LogP contribution in [0, 0.1) is 5.92 Å². The molecule has 0 bridgehead atoms. The third-order valence-corrected chi connectivity index (χ3v) is 5.89. The maximum atomic E-state index is 3.95. The van der Waals surface area contributed by atoms with Crippen LogP contribution in [-0.4, -0.2) is 48.6 Å². The van der Waals surface area contributed by atoms with Gasteiger partial charge in [0.05, 0.1) is 0 Å². The highest BCUT2D eigenvalue weighted by atomic mass is 32.2. The number of rotatable bonds is 6. The quantitative estimate of drug-likeness (QED) is 0.805. The molecule has 2 nitrogen and oxygen atoms in total. The van der Waals surface area contributed by atoms with Gasteiger partial charge in [0.2, 0.25) is 0 Å². The van der Waals surface area contributed by atoms with E-state index in [1.807, 2.05) is 11.8 Å². The summed E-state index contributed by atoms with van der Waals surface area (Å²) in [6, 6.07) is 2.29. The molecule has 3 heteroatoms. The Bertz CT molecular complexity index is 259.